The van der Waals surface area contributed by atoms with Crippen molar-refractivity contribution in [3.8, 4) is 0 Å². The Kier molecular flexibility index (Phi) is 5.71. The summed E-state index contributed by atoms with van der Waals surface area (Å²) in [5.41, 5.74) is 0.373. The maximum Gasteiger partial charge on any atom is 0.341 e. The summed E-state index contributed by atoms with van der Waals surface area (Å²) in [5, 5.41) is 0.569. The van der Waals surface area contributed by atoms with Gasteiger partial charge in [0.25, 0.3) is 5.91 Å². The number of pyridine rings is 1. The van der Waals surface area contributed by atoms with Crippen molar-refractivity contribution in [2.24, 2.45) is 0 Å². The normalized spacial score (nSPS) is 15.0. The van der Waals surface area contributed by atoms with Gasteiger partial charge in [0.2, 0.25) is 0 Å². The van der Waals surface area contributed by atoms with Gasteiger partial charge in [-0.1, -0.05) is 30.0 Å². The Balaban J connectivity index is 1.70. The van der Waals surface area contributed by atoms with Gasteiger partial charge in [0, 0.05) is 24.2 Å². The van der Waals surface area contributed by atoms with Crippen molar-refractivity contribution in [1.82, 2.24) is 9.88 Å². The molecule has 2 aromatic rings. The summed E-state index contributed by atoms with van der Waals surface area (Å²) in [5.74, 6) is -0.654. The van der Waals surface area contributed by atoms with Crippen LogP contribution in [0.5, 0.6) is 0 Å². The molecule has 0 N–H and O–H groups in total. The Morgan fingerprint density at radius 1 is 1.12 bits per heavy atom. The van der Waals surface area contributed by atoms with E-state index in [1.165, 1.54) is 11.8 Å². The lowest BCUT2D eigenvalue weighted by Crippen LogP contribution is -2.38. The van der Waals surface area contributed by atoms with Crippen LogP contribution in [-0.2, 0) is 9.53 Å². The summed E-state index contributed by atoms with van der Waals surface area (Å²) < 4.78 is 5.41. The highest BCUT2D eigenvalue weighted by atomic mass is 32.2. The number of carbonyl (C=O) groups excluding carboxylic acids is 2. The third kappa shape index (κ3) is 4.39. The van der Waals surface area contributed by atoms with Crippen LogP contribution in [0.15, 0.2) is 58.6 Å². The van der Waals surface area contributed by atoms with E-state index in [1.807, 2.05) is 30.3 Å². The molecular weight excluding hydrogens is 336 g/mol. The summed E-state index contributed by atoms with van der Waals surface area (Å²) >= 11 is 1.40. The van der Waals surface area contributed by atoms with Gasteiger partial charge in [-0.05, 0) is 44.0 Å². The number of esters is 1. The number of aromatic nitrogens is 1. The molecule has 1 aromatic heterocycles. The number of amides is 1. The quantitative estimate of drug-likeness (QED) is 0.769. The topological polar surface area (TPSA) is 59.5 Å². The lowest BCUT2D eigenvalue weighted by atomic mass is 10.3. The van der Waals surface area contributed by atoms with Crippen molar-refractivity contribution >= 4 is 23.6 Å². The lowest BCUT2D eigenvalue weighted by Gasteiger charge is -2.20. The van der Waals surface area contributed by atoms with E-state index in [4.69, 9.17) is 4.74 Å². The van der Waals surface area contributed by atoms with Crippen molar-refractivity contribution in [3.05, 3.63) is 54.2 Å². The first-order valence-electron chi connectivity index (χ1n) is 8.33. The van der Waals surface area contributed by atoms with E-state index in [-0.39, 0.29) is 5.91 Å². The van der Waals surface area contributed by atoms with Crippen LogP contribution in [0.25, 0.3) is 0 Å². The molecule has 25 heavy (non-hydrogen) atoms. The molecule has 5 nitrogen and oxygen atoms in total. The molecule has 1 aromatic carbocycles. The molecule has 3 rings (SSSR count). The van der Waals surface area contributed by atoms with Gasteiger partial charge >= 0.3 is 5.97 Å². The Labute approximate surface area is 151 Å². The van der Waals surface area contributed by atoms with E-state index in [0.717, 1.165) is 30.8 Å². The number of carbonyl (C=O) groups is 2. The lowest BCUT2D eigenvalue weighted by molar-refractivity contribution is -0.138. The van der Waals surface area contributed by atoms with Crippen LogP contribution in [0.4, 0.5) is 0 Å². The number of benzene rings is 1. The summed E-state index contributed by atoms with van der Waals surface area (Å²) in [7, 11) is 0. The standard InChI is InChI=1S/C19H20N2O3S/c1-14(18(22)21-12-5-6-13-21)24-19(23)16-10-7-11-20-17(16)25-15-8-3-2-4-9-15/h2-4,7-11,14H,5-6,12-13H2,1H3/t14-/m1/s1. The van der Waals surface area contributed by atoms with E-state index in [0.29, 0.717) is 10.6 Å². The monoisotopic (exact) mass is 356 g/mol. The molecule has 1 saturated heterocycles. The molecule has 6 heteroatoms. The fourth-order valence-corrected chi connectivity index (χ4v) is 3.59. The fraction of sp³-hybridized carbons (Fsp3) is 0.316. The molecule has 0 saturated carbocycles. The second kappa shape index (κ2) is 8.16. The zero-order valence-electron chi connectivity index (χ0n) is 14.1. The number of hydrogen-bond acceptors (Lipinski definition) is 5. The van der Waals surface area contributed by atoms with E-state index >= 15 is 0 Å². The van der Waals surface area contributed by atoms with Crippen molar-refractivity contribution < 1.29 is 14.3 Å². The first-order chi connectivity index (χ1) is 12.1. The predicted octanol–water partition coefficient (Wildman–Crippen LogP) is 3.40. The minimum absolute atomic E-state index is 0.132. The van der Waals surface area contributed by atoms with Crippen molar-refractivity contribution in [3.63, 3.8) is 0 Å². The van der Waals surface area contributed by atoms with Crippen LogP contribution in [0.3, 0.4) is 0 Å². The Bertz CT molecular complexity index is 745. The van der Waals surface area contributed by atoms with Crippen LogP contribution >= 0.6 is 11.8 Å². The van der Waals surface area contributed by atoms with Gasteiger partial charge in [-0.2, -0.15) is 0 Å². The number of hydrogen-bond donors (Lipinski definition) is 0. The van der Waals surface area contributed by atoms with Crippen LogP contribution in [-0.4, -0.2) is 41.0 Å². The molecule has 1 aliphatic rings. The number of likely N-dealkylation sites (tertiary alicyclic amines) is 1. The van der Waals surface area contributed by atoms with Gasteiger partial charge in [-0.15, -0.1) is 0 Å². The van der Waals surface area contributed by atoms with Gasteiger partial charge in [0.1, 0.15) is 5.03 Å². The van der Waals surface area contributed by atoms with Gasteiger partial charge in [0.05, 0.1) is 5.56 Å². The molecule has 1 amide bonds. The summed E-state index contributed by atoms with van der Waals surface area (Å²) in [4.78, 5) is 31.9. The van der Waals surface area contributed by atoms with Crippen molar-refractivity contribution in [2.75, 3.05) is 13.1 Å². The molecule has 0 spiro atoms. The van der Waals surface area contributed by atoms with Gasteiger partial charge in [-0.25, -0.2) is 9.78 Å². The highest BCUT2D eigenvalue weighted by molar-refractivity contribution is 7.99. The zero-order chi connectivity index (χ0) is 17.6. The Hall–Kier alpha value is -2.34. The van der Waals surface area contributed by atoms with Crippen LogP contribution < -0.4 is 0 Å². The maximum atomic E-state index is 12.5. The maximum absolute atomic E-state index is 12.5. The molecule has 0 aliphatic carbocycles. The Morgan fingerprint density at radius 3 is 2.56 bits per heavy atom. The first kappa shape index (κ1) is 17.5. The molecule has 1 atom stereocenters. The van der Waals surface area contributed by atoms with Gasteiger partial charge in [-0.3, -0.25) is 4.79 Å². The molecule has 0 bridgehead atoms. The SMILES string of the molecule is C[C@@H](OC(=O)c1cccnc1Sc1ccccc1)C(=O)N1CCCC1. The summed E-state index contributed by atoms with van der Waals surface area (Å²) in [6.07, 6.45) is 2.86. The summed E-state index contributed by atoms with van der Waals surface area (Å²) in [6.45, 7) is 3.10. The number of rotatable bonds is 5. The third-order valence-electron chi connectivity index (χ3n) is 4.00. The largest absolute Gasteiger partial charge is 0.449 e. The van der Waals surface area contributed by atoms with E-state index in [2.05, 4.69) is 4.98 Å². The summed E-state index contributed by atoms with van der Waals surface area (Å²) in [6, 6.07) is 13.1. The minimum Gasteiger partial charge on any atom is -0.449 e. The molecule has 0 unspecified atom stereocenters. The van der Waals surface area contributed by atoms with Crippen LogP contribution in [0, 0.1) is 0 Å². The predicted molar refractivity (Wildman–Crippen MR) is 95.5 cm³/mol. The molecule has 1 aliphatic heterocycles. The van der Waals surface area contributed by atoms with E-state index in [1.54, 1.807) is 30.2 Å². The zero-order valence-corrected chi connectivity index (χ0v) is 14.9. The second-order valence-corrected chi connectivity index (χ2v) is 6.91. The average Bonchev–Trinajstić information content (AvgIpc) is 3.17. The average molecular weight is 356 g/mol. The molecule has 2 heterocycles. The van der Waals surface area contributed by atoms with Gasteiger partial charge in [0.15, 0.2) is 6.10 Å². The fourth-order valence-electron chi connectivity index (χ4n) is 2.70. The van der Waals surface area contributed by atoms with Crippen LogP contribution in [0.1, 0.15) is 30.1 Å². The highest BCUT2D eigenvalue weighted by Gasteiger charge is 2.27. The van der Waals surface area contributed by atoms with Crippen molar-refractivity contribution in [1.29, 1.82) is 0 Å². The molecule has 1 fully saturated rings. The number of nitrogens with zero attached hydrogens (tertiary/aromatic N) is 2. The third-order valence-corrected chi connectivity index (χ3v) is 5.02. The Morgan fingerprint density at radius 2 is 1.84 bits per heavy atom. The van der Waals surface area contributed by atoms with Crippen molar-refractivity contribution in [2.45, 2.75) is 35.8 Å². The van der Waals surface area contributed by atoms with E-state index < -0.39 is 12.1 Å². The number of ether oxygens (including phenoxy) is 1. The van der Waals surface area contributed by atoms with Gasteiger partial charge < -0.3 is 9.64 Å². The first-order valence-corrected chi connectivity index (χ1v) is 9.14. The molecular formula is C19H20N2O3S. The smallest absolute Gasteiger partial charge is 0.341 e. The molecule has 0 radical (unpaired) electrons. The minimum atomic E-state index is -0.791. The second-order valence-electron chi connectivity index (χ2n) is 5.85. The molecule has 130 valence electrons. The van der Waals surface area contributed by atoms with E-state index in [9.17, 15) is 9.59 Å². The highest BCUT2D eigenvalue weighted by Crippen LogP contribution is 2.28. The van der Waals surface area contributed by atoms with Crippen LogP contribution in [0.2, 0.25) is 0 Å².